The Morgan fingerprint density at radius 3 is 2.42 bits per heavy atom. The zero-order valence-corrected chi connectivity index (χ0v) is 10.4. The van der Waals surface area contributed by atoms with Gasteiger partial charge in [0.1, 0.15) is 0 Å². The molecule has 4 nitrogen and oxygen atoms in total. The molecule has 1 aliphatic heterocycles. The van der Waals surface area contributed by atoms with E-state index in [-0.39, 0.29) is 25.5 Å². The van der Waals surface area contributed by atoms with Gasteiger partial charge >= 0.3 is 12.8 Å². The molecule has 1 heterocycles. The van der Waals surface area contributed by atoms with Gasteiger partial charge in [-0.05, 0) is 12.3 Å². The van der Waals surface area contributed by atoms with Crippen LogP contribution in [0.25, 0.3) is 0 Å². The number of carbonyl (C=O) groups is 2. The summed E-state index contributed by atoms with van der Waals surface area (Å²) in [6, 6.07) is 7.26. The van der Waals surface area contributed by atoms with Gasteiger partial charge in [0.25, 0.3) is 0 Å². The summed E-state index contributed by atoms with van der Waals surface area (Å²) in [7, 11) is 0. The van der Waals surface area contributed by atoms with Crippen molar-refractivity contribution >= 4 is 24.1 Å². The predicted octanol–water partition coefficient (Wildman–Crippen LogP) is 1.14. The van der Waals surface area contributed by atoms with E-state index in [4.69, 9.17) is 5.11 Å². The summed E-state index contributed by atoms with van der Waals surface area (Å²) >= 11 is 0. The Kier molecular flexibility index (Phi) is 4.18. The van der Waals surface area contributed by atoms with E-state index in [9.17, 15) is 9.59 Å². The molecule has 5 heteroatoms. The van der Waals surface area contributed by atoms with Crippen LogP contribution in [0.3, 0.4) is 0 Å². The molecule has 0 unspecified atom stereocenters. The van der Waals surface area contributed by atoms with E-state index >= 15 is 0 Å². The molecule has 1 aromatic carbocycles. The number of aliphatic carboxylic acids is 1. The van der Waals surface area contributed by atoms with Crippen molar-refractivity contribution in [1.29, 1.82) is 0 Å². The molecule has 0 radical (unpaired) electrons. The Balaban J connectivity index is 2.01. The van der Waals surface area contributed by atoms with Crippen molar-refractivity contribution in [3.8, 4) is 0 Å². The molecular weight excluding hydrogens is 241 g/mol. The summed E-state index contributed by atoms with van der Waals surface area (Å²) in [4.78, 5) is 22.2. The van der Waals surface area contributed by atoms with Gasteiger partial charge in [0.05, 0.1) is 6.42 Å². The van der Waals surface area contributed by atoms with Crippen LogP contribution in [0.4, 0.5) is 0 Å². The van der Waals surface area contributed by atoms with Gasteiger partial charge < -0.3 is 10.3 Å². The summed E-state index contributed by atoms with van der Waals surface area (Å²) in [5.41, 5.74) is 1.62. The van der Waals surface area contributed by atoms with Crippen LogP contribution in [0.5, 0.6) is 0 Å². The lowest BCUT2D eigenvalue weighted by molar-refractivity contribution is -0.136. The van der Waals surface area contributed by atoms with Gasteiger partial charge in [-0.1, -0.05) is 41.8 Å². The summed E-state index contributed by atoms with van der Waals surface area (Å²) in [5, 5.41) is 11.7. The molecule has 0 fully saturated rings. The standard InChI is InChI=1S/C14H14BNO3/c17-13(7-8-14(18)19)11-3-5-12(6-4-11)15-9-1-2-10-16-15/h1-6,9-10,16H,7-8H2,(H,18,19). The maximum Gasteiger partial charge on any atom is 0.312 e. The molecule has 0 saturated carbocycles. The third kappa shape index (κ3) is 3.58. The highest BCUT2D eigenvalue weighted by Crippen LogP contribution is 2.05. The SMILES string of the molecule is O=C(O)CCC(=O)c1ccc(B2C=CC=CN2)cc1. The summed E-state index contributed by atoms with van der Waals surface area (Å²) in [6.45, 7) is 0.119. The molecule has 0 amide bonds. The second-order valence-electron chi connectivity index (χ2n) is 4.33. The molecule has 0 aromatic heterocycles. The number of Topliss-reactive ketones (excluding diaryl/α,β-unsaturated/α-hetero) is 1. The first kappa shape index (κ1) is 13.1. The van der Waals surface area contributed by atoms with Crippen LogP contribution in [0.1, 0.15) is 23.2 Å². The first-order chi connectivity index (χ1) is 9.16. The Morgan fingerprint density at radius 1 is 1.11 bits per heavy atom. The molecule has 1 aromatic rings. The Morgan fingerprint density at radius 2 is 1.84 bits per heavy atom. The number of rotatable bonds is 5. The molecule has 2 N–H and O–H groups in total. The van der Waals surface area contributed by atoms with Crippen LogP contribution >= 0.6 is 0 Å². The fourth-order valence-corrected chi connectivity index (χ4v) is 1.89. The number of hydrogen-bond donors (Lipinski definition) is 2. The number of nitrogens with one attached hydrogen (secondary N) is 1. The number of allylic oxidation sites excluding steroid dienone is 2. The highest BCUT2D eigenvalue weighted by atomic mass is 16.4. The number of carboxylic acids is 1. The van der Waals surface area contributed by atoms with Crippen LogP contribution in [0.15, 0.2) is 48.6 Å². The largest absolute Gasteiger partial charge is 0.481 e. The second-order valence-corrected chi connectivity index (χ2v) is 4.33. The molecule has 1 aliphatic rings. The fourth-order valence-electron chi connectivity index (χ4n) is 1.89. The van der Waals surface area contributed by atoms with Crippen molar-refractivity contribution in [2.45, 2.75) is 12.8 Å². The molecule has 0 bridgehead atoms. The average Bonchev–Trinajstić information content (AvgIpc) is 2.46. The van der Waals surface area contributed by atoms with Crippen LogP contribution in [0.2, 0.25) is 0 Å². The Bertz CT molecular complexity index is 534. The average molecular weight is 255 g/mol. The highest BCUT2D eigenvalue weighted by molar-refractivity contribution is 6.76. The van der Waals surface area contributed by atoms with Crippen LogP contribution in [-0.4, -0.2) is 23.7 Å². The molecule has 0 spiro atoms. The molecule has 0 atom stereocenters. The van der Waals surface area contributed by atoms with Crippen LogP contribution < -0.4 is 10.7 Å². The Hall–Kier alpha value is -2.30. The third-order valence-corrected chi connectivity index (χ3v) is 2.94. The minimum Gasteiger partial charge on any atom is -0.481 e. The van der Waals surface area contributed by atoms with E-state index in [1.54, 1.807) is 12.1 Å². The number of carbonyl (C=O) groups excluding carboxylic acids is 1. The van der Waals surface area contributed by atoms with E-state index in [0.717, 1.165) is 5.46 Å². The number of benzene rings is 1. The van der Waals surface area contributed by atoms with Crippen molar-refractivity contribution in [3.63, 3.8) is 0 Å². The van der Waals surface area contributed by atoms with E-state index in [1.807, 2.05) is 36.5 Å². The first-order valence-corrected chi connectivity index (χ1v) is 6.11. The smallest absolute Gasteiger partial charge is 0.312 e. The van der Waals surface area contributed by atoms with Gasteiger partial charge in [0, 0.05) is 12.0 Å². The molecular formula is C14H14BNO3. The van der Waals surface area contributed by atoms with E-state index in [1.165, 1.54) is 0 Å². The minimum absolute atomic E-state index is 0.0407. The van der Waals surface area contributed by atoms with Crippen molar-refractivity contribution in [1.82, 2.24) is 5.23 Å². The number of ketones is 1. The van der Waals surface area contributed by atoms with Crippen molar-refractivity contribution in [3.05, 3.63) is 54.2 Å². The highest BCUT2D eigenvalue weighted by Gasteiger charge is 2.14. The second kappa shape index (κ2) is 6.04. The van der Waals surface area contributed by atoms with E-state index in [0.29, 0.717) is 5.56 Å². The summed E-state index contributed by atoms with van der Waals surface area (Å²) in [6.07, 6.45) is 5.67. The zero-order valence-electron chi connectivity index (χ0n) is 10.4. The van der Waals surface area contributed by atoms with Gasteiger partial charge in [-0.15, -0.1) is 0 Å². The van der Waals surface area contributed by atoms with E-state index in [2.05, 4.69) is 5.23 Å². The van der Waals surface area contributed by atoms with Crippen molar-refractivity contribution in [2.75, 3.05) is 0 Å². The van der Waals surface area contributed by atoms with Crippen molar-refractivity contribution in [2.24, 2.45) is 0 Å². The zero-order chi connectivity index (χ0) is 13.7. The molecule has 2 rings (SSSR count). The fraction of sp³-hybridized carbons (Fsp3) is 0.143. The lowest BCUT2D eigenvalue weighted by Crippen LogP contribution is -2.41. The number of hydrogen-bond acceptors (Lipinski definition) is 3. The normalized spacial score (nSPS) is 13.2. The maximum absolute atomic E-state index is 11.7. The number of carboxylic acid groups (broad SMARTS) is 1. The van der Waals surface area contributed by atoms with Crippen molar-refractivity contribution < 1.29 is 14.7 Å². The lowest BCUT2D eigenvalue weighted by Gasteiger charge is -2.12. The summed E-state index contributed by atoms with van der Waals surface area (Å²) in [5.74, 6) is 0.940. The minimum atomic E-state index is -0.951. The monoisotopic (exact) mass is 255 g/mol. The molecule has 96 valence electrons. The molecule has 0 aliphatic carbocycles. The van der Waals surface area contributed by atoms with Gasteiger partial charge in [0.2, 0.25) is 0 Å². The lowest BCUT2D eigenvalue weighted by atomic mass is 9.55. The molecule has 0 saturated heterocycles. The maximum atomic E-state index is 11.7. The first-order valence-electron chi connectivity index (χ1n) is 6.11. The quantitative estimate of drug-likeness (QED) is 0.611. The van der Waals surface area contributed by atoms with E-state index < -0.39 is 5.97 Å². The molecule has 19 heavy (non-hydrogen) atoms. The topological polar surface area (TPSA) is 66.4 Å². The predicted molar refractivity (Wildman–Crippen MR) is 74.4 cm³/mol. The summed E-state index contributed by atoms with van der Waals surface area (Å²) < 4.78 is 0. The Labute approximate surface area is 111 Å². The van der Waals surface area contributed by atoms with Gasteiger partial charge in [-0.2, -0.15) is 0 Å². The van der Waals surface area contributed by atoms with Gasteiger partial charge in [0.15, 0.2) is 5.78 Å². The third-order valence-electron chi connectivity index (χ3n) is 2.94. The van der Waals surface area contributed by atoms with Gasteiger partial charge in [-0.3, -0.25) is 9.59 Å². The van der Waals surface area contributed by atoms with Crippen LogP contribution in [0, 0.1) is 0 Å². The van der Waals surface area contributed by atoms with Crippen LogP contribution in [-0.2, 0) is 4.79 Å². The van der Waals surface area contributed by atoms with Gasteiger partial charge in [-0.25, -0.2) is 0 Å².